The number of ether oxygens (including phenoxy) is 1. The Bertz CT molecular complexity index is 816. The number of fused-ring (bicyclic) bond motifs is 5. The van der Waals surface area contributed by atoms with Gasteiger partial charge in [0.25, 0.3) is 0 Å². The minimum absolute atomic E-state index is 0.132. The molecule has 3 heterocycles. The Morgan fingerprint density at radius 1 is 1.08 bits per heavy atom. The predicted molar refractivity (Wildman–Crippen MR) is 83.0 cm³/mol. The zero-order valence-corrected chi connectivity index (χ0v) is 14.0. The van der Waals surface area contributed by atoms with E-state index < -0.39 is 51.6 Å². The fourth-order valence-corrected chi connectivity index (χ4v) is 4.38. The minimum atomic E-state index is -4.68. The van der Waals surface area contributed by atoms with Gasteiger partial charge in [-0.1, -0.05) is 23.8 Å². The fraction of sp³-hybridized carbons (Fsp3) is 0.412. The molecule has 0 N–H and O–H groups in total. The molecule has 0 radical (unpaired) electrons. The lowest BCUT2D eigenvalue weighted by atomic mass is 9.73. The lowest BCUT2D eigenvalue weighted by Gasteiger charge is -2.25. The van der Waals surface area contributed by atoms with Crippen molar-refractivity contribution in [3.05, 3.63) is 40.9 Å². The quantitative estimate of drug-likeness (QED) is 0.560. The van der Waals surface area contributed by atoms with Crippen molar-refractivity contribution in [3.63, 3.8) is 0 Å². The summed E-state index contributed by atoms with van der Waals surface area (Å²) in [6, 6.07) is 3.02. The second kappa shape index (κ2) is 4.65. The number of amides is 2. The van der Waals surface area contributed by atoms with E-state index in [1.807, 2.05) is 0 Å². The number of hydrogen-bond acceptors (Lipinski definition) is 3. The summed E-state index contributed by atoms with van der Waals surface area (Å²) in [6.45, 7) is 3.41. The minimum Gasteiger partial charge on any atom is -0.359 e. The van der Waals surface area contributed by atoms with Crippen LogP contribution in [0.3, 0.4) is 0 Å². The summed E-state index contributed by atoms with van der Waals surface area (Å²) in [5.74, 6) is -2.61. The van der Waals surface area contributed by atoms with Gasteiger partial charge in [-0.3, -0.25) is 9.59 Å². The Kier molecular flexibility index (Phi) is 3.09. The number of imide groups is 1. The summed E-state index contributed by atoms with van der Waals surface area (Å²) in [7, 11) is 0. The van der Waals surface area contributed by atoms with Crippen molar-refractivity contribution >= 4 is 29.1 Å². The van der Waals surface area contributed by atoms with Crippen molar-refractivity contribution in [2.75, 3.05) is 4.90 Å². The molecule has 2 bridgehead atoms. The number of alkyl halides is 3. The summed E-state index contributed by atoms with van der Waals surface area (Å²) in [6.07, 6.45) is -1.20. The van der Waals surface area contributed by atoms with E-state index in [1.165, 1.54) is 6.07 Å². The van der Waals surface area contributed by atoms with Crippen LogP contribution in [0.15, 0.2) is 30.4 Å². The van der Waals surface area contributed by atoms with E-state index >= 15 is 0 Å². The van der Waals surface area contributed by atoms with Gasteiger partial charge < -0.3 is 4.74 Å². The predicted octanol–water partition coefficient (Wildman–Crippen LogP) is 3.58. The molecule has 0 saturated carbocycles. The summed E-state index contributed by atoms with van der Waals surface area (Å²) < 4.78 is 45.1. The van der Waals surface area contributed by atoms with Crippen LogP contribution in [-0.4, -0.2) is 23.0 Å². The van der Waals surface area contributed by atoms with Gasteiger partial charge in [-0.25, -0.2) is 4.90 Å². The van der Waals surface area contributed by atoms with Crippen LogP contribution in [0.25, 0.3) is 0 Å². The van der Waals surface area contributed by atoms with E-state index in [-0.39, 0.29) is 5.69 Å². The number of carbonyl (C=O) groups is 2. The molecule has 2 fully saturated rings. The van der Waals surface area contributed by atoms with Gasteiger partial charge in [-0.2, -0.15) is 13.2 Å². The van der Waals surface area contributed by atoms with E-state index in [4.69, 9.17) is 16.3 Å². The zero-order chi connectivity index (χ0) is 18.4. The van der Waals surface area contributed by atoms with Crippen LogP contribution >= 0.6 is 11.6 Å². The molecule has 0 aromatic heterocycles. The summed E-state index contributed by atoms with van der Waals surface area (Å²) in [4.78, 5) is 26.5. The maximum Gasteiger partial charge on any atom is 0.417 e. The zero-order valence-electron chi connectivity index (χ0n) is 13.2. The van der Waals surface area contributed by atoms with Crippen LogP contribution < -0.4 is 4.90 Å². The number of anilines is 1. The van der Waals surface area contributed by atoms with Gasteiger partial charge in [0.05, 0.1) is 39.3 Å². The number of nitrogens with zero attached hydrogens (tertiary/aromatic N) is 1. The first-order chi connectivity index (χ1) is 11.5. The highest BCUT2D eigenvalue weighted by molar-refractivity contribution is 6.31. The van der Waals surface area contributed by atoms with E-state index in [0.29, 0.717) is 0 Å². The van der Waals surface area contributed by atoms with Gasteiger partial charge in [0, 0.05) is 0 Å². The molecule has 1 aromatic rings. The number of benzene rings is 1. The molecule has 0 aliphatic carbocycles. The Balaban J connectivity index is 1.80. The number of hydrogen-bond donors (Lipinski definition) is 0. The van der Waals surface area contributed by atoms with Gasteiger partial charge in [-0.05, 0) is 32.0 Å². The van der Waals surface area contributed by atoms with E-state index in [1.54, 1.807) is 26.0 Å². The van der Waals surface area contributed by atoms with Gasteiger partial charge in [-0.15, -0.1) is 0 Å². The highest BCUT2D eigenvalue weighted by atomic mass is 35.5. The molecule has 0 spiro atoms. The molecule has 2 amide bonds. The maximum atomic E-state index is 13.1. The van der Waals surface area contributed by atoms with E-state index in [2.05, 4.69) is 0 Å². The Morgan fingerprint density at radius 2 is 1.60 bits per heavy atom. The highest BCUT2D eigenvalue weighted by Gasteiger charge is 2.70. The number of rotatable bonds is 1. The lowest BCUT2D eigenvalue weighted by molar-refractivity contribution is -0.137. The Labute approximate surface area is 146 Å². The second-order valence-corrected chi connectivity index (χ2v) is 7.34. The van der Waals surface area contributed by atoms with Crippen molar-refractivity contribution in [1.82, 2.24) is 0 Å². The third-order valence-corrected chi connectivity index (χ3v) is 5.57. The Morgan fingerprint density at radius 3 is 2.08 bits per heavy atom. The van der Waals surface area contributed by atoms with Gasteiger partial charge in [0.2, 0.25) is 11.8 Å². The standard InChI is InChI=1S/C17H13ClF3NO3/c1-15-5-6-16(2,25-15)12-11(15)13(23)22(14(12)24)8-3-4-10(18)9(7-8)17(19,20)21/h3-7,11-12H,1-2H3/t11-,12+,15-,16+. The van der Waals surface area contributed by atoms with Gasteiger partial charge in [0.1, 0.15) is 0 Å². The third kappa shape index (κ3) is 2.05. The molecule has 4 atom stereocenters. The van der Waals surface area contributed by atoms with Crippen molar-refractivity contribution < 1.29 is 27.5 Å². The van der Waals surface area contributed by atoms with Gasteiger partial charge >= 0.3 is 6.18 Å². The van der Waals surface area contributed by atoms with Crippen LogP contribution in [-0.2, 0) is 20.5 Å². The van der Waals surface area contributed by atoms with Crippen LogP contribution in [0, 0.1) is 11.8 Å². The topological polar surface area (TPSA) is 46.6 Å². The molecule has 0 unspecified atom stereocenters. The van der Waals surface area contributed by atoms with Gasteiger partial charge in [0.15, 0.2) is 0 Å². The second-order valence-electron chi connectivity index (χ2n) is 6.93. The van der Waals surface area contributed by atoms with Crippen LogP contribution in [0.4, 0.5) is 18.9 Å². The van der Waals surface area contributed by atoms with Crippen LogP contribution in [0.2, 0.25) is 5.02 Å². The Hall–Kier alpha value is -1.86. The molecule has 8 heteroatoms. The molecule has 25 heavy (non-hydrogen) atoms. The molecule has 2 saturated heterocycles. The van der Waals surface area contributed by atoms with Crippen LogP contribution in [0.1, 0.15) is 19.4 Å². The molecular weight excluding hydrogens is 359 g/mol. The number of carbonyl (C=O) groups excluding carboxylic acids is 2. The molecule has 3 aliphatic heterocycles. The molecule has 1 aromatic carbocycles. The lowest BCUT2D eigenvalue weighted by Crippen LogP contribution is -2.39. The first kappa shape index (κ1) is 16.6. The van der Waals surface area contributed by atoms with Crippen LogP contribution in [0.5, 0.6) is 0 Å². The first-order valence-corrected chi connectivity index (χ1v) is 8.01. The monoisotopic (exact) mass is 371 g/mol. The fourth-order valence-electron chi connectivity index (χ4n) is 4.16. The van der Waals surface area contributed by atoms with Crippen molar-refractivity contribution in [2.45, 2.75) is 31.2 Å². The average molecular weight is 372 g/mol. The van der Waals surface area contributed by atoms with Crippen molar-refractivity contribution in [3.8, 4) is 0 Å². The third-order valence-electron chi connectivity index (χ3n) is 5.24. The maximum absolute atomic E-state index is 13.1. The average Bonchev–Trinajstić information content (AvgIpc) is 3.04. The number of halogens is 4. The molecule has 4 nitrogen and oxygen atoms in total. The van der Waals surface area contributed by atoms with Crippen molar-refractivity contribution in [2.24, 2.45) is 11.8 Å². The van der Waals surface area contributed by atoms with E-state index in [9.17, 15) is 22.8 Å². The largest absolute Gasteiger partial charge is 0.417 e. The highest BCUT2D eigenvalue weighted by Crippen LogP contribution is 2.57. The summed E-state index contributed by atoms with van der Waals surface area (Å²) in [5.41, 5.74) is -3.08. The molecule has 3 aliphatic rings. The molecule has 132 valence electrons. The normalized spacial score (nSPS) is 36.5. The van der Waals surface area contributed by atoms with Crippen molar-refractivity contribution in [1.29, 1.82) is 0 Å². The SMILES string of the molecule is C[C@]12C=C[C@](C)(O1)[C@@H]1C(=O)N(c3ccc(Cl)c(C(F)(F)F)c3)C(=O)[C@@H]12. The molecule has 4 rings (SSSR count). The molecular formula is C17H13ClF3NO3. The smallest absolute Gasteiger partial charge is 0.359 e. The summed E-state index contributed by atoms with van der Waals surface area (Å²) >= 11 is 5.62. The van der Waals surface area contributed by atoms with E-state index in [0.717, 1.165) is 17.0 Å². The first-order valence-electron chi connectivity index (χ1n) is 7.63. The summed E-state index contributed by atoms with van der Waals surface area (Å²) in [5, 5.41) is -0.487.